The Morgan fingerprint density at radius 3 is 2.57 bits per heavy atom. The van der Waals surface area contributed by atoms with Crippen LogP contribution in [0.3, 0.4) is 0 Å². The second-order valence-corrected chi connectivity index (χ2v) is 5.95. The smallest absolute Gasteiger partial charge is 0.119 e. The van der Waals surface area contributed by atoms with Crippen LogP contribution in [-0.4, -0.2) is 55.4 Å². The second-order valence-electron chi connectivity index (χ2n) is 5.95. The third kappa shape index (κ3) is 5.65. The number of aliphatic hydroxyl groups is 1. The van der Waals surface area contributed by atoms with Crippen LogP contribution in [0.2, 0.25) is 0 Å². The van der Waals surface area contributed by atoms with Crippen molar-refractivity contribution in [2.45, 2.75) is 38.3 Å². The molecule has 0 amide bonds. The van der Waals surface area contributed by atoms with Crippen molar-refractivity contribution in [3.8, 4) is 5.75 Å². The fourth-order valence-electron chi connectivity index (χ4n) is 2.59. The number of benzene rings is 1. The number of hydrogen-bond donors (Lipinski definition) is 2. The van der Waals surface area contributed by atoms with Gasteiger partial charge in [-0.15, -0.1) is 0 Å². The molecule has 0 radical (unpaired) electrons. The molecule has 1 heterocycles. The number of nitrogens with zero attached hydrogens (tertiary/aromatic N) is 1. The number of aliphatic hydroxyl groups excluding tert-OH is 1. The zero-order chi connectivity index (χ0) is 15.1. The van der Waals surface area contributed by atoms with E-state index in [-0.39, 0.29) is 0 Å². The number of likely N-dealkylation sites (tertiary alicyclic amines) is 1. The van der Waals surface area contributed by atoms with Gasteiger partial charge in [-0.05, 0) is 57.1 Å². The van der Waals surface area contributed by atoms with E-state index in [1.165, 1.54) is 5.56 Å². The summed E-state index contributed by atoms with van der Waals surface area (Å²) in [4.78, 5) is 2.34. The van der Waals surface area contributed by atoms with Gasteiger partial charge in [0.15, 0.2) is 0 Å². The highest BCUT2D eigenvalue weighted by Gasteiger charge is 2.17. The molecule has 1 aromatic carbocycles. The summed E-state index contributed by atoms with van der Waals surface area (Å²) in [6.07, 6.45) is 2.88. The summed E-state index contributed by atoms with van der Waals surface area (Å²) in [5, 5.41) is 13.4. The molecule has 1 atom stereocenters. The van der Waals surface area contributed by atoms with Crippen LogP contribution >= 0.6 is 0 Å². The Kier molecular flexibility index (Phi) is 6.49. The topological polar surface area (TPSA) is 44.7 Å². The zero-order valence-electron chi connectivity index (χ0n) is 13.2. The number of hydrogen-bond acceptors (Lipinski definition) is 4. The van der Waals surface area contributed by atoms with E-state index in [9.17, 15) is 5.11 Å². The minimum Gasteiger partial charge on any atom is -0.491 e. The van der Waals surface area contributed by atoms with Gasteiger partial charge in [-0.25, -0.2) is 0 Å². The molecule has 0 aliphatic carbocycles. The summed E-state index contributed by atoms with van der Waals surface area (Å²) in [5.74, 6) is 0.825. The number of piperidine rings is 1. The average molecular weight is 292 g/mol. The first-order valence-corrected chi connectivity index (χ1v) is 7.99. The highest BCUT2D eigenvalue weighted by molar-refractivity contribution is 5.27. The quantitative estimate of drug-likeness (QED) is 0.802. The van der Waals surface area contributed by atoms with Gasteiger partial charge in [0.1, 0.15) is 18.5 Å². The van der Waals surface area contributed by atoms with E-state index < -0.39 is 6.10 Å². The molecule has 1 aliphatic rings. The van der Waals surface area contributed by atoms with Crippen LogP contribution in [0.1, 0.15) is 25.3 Å². The summed E-state index contributed by atoms with van der Waals surface area (Å²) in [6.45, 7) is 5.34. The SMILES string of the molecule is CCc1ccc(OCC(O)CNC2CCN(C)CC2)cc1. The van der Waals surface area contributed by atoms with E-state index in [4.69, 9.17) is 4.74 Å². The Morgan fingerprint density at radius 1 is 1.29 bits per heavy atom. The molecule has 2 rings (SSSR count). The first-order valence-electron chi connectivity index (χ1n) is 7.99. The van der Waals surface area contributed by atoms with Crippen LogP contribution in [0.25, 0.3) is 0 Å². The molecule has 0 bridgehead atoms. The lowest BCUT2D eigenvalue weighted by Gasteiger charge is -2.30. The minimum absolute atomic E-state index is 0.338. The molecule has 0 spiro atoms. The van der Waals surface area contributed by atoms with Gasteiger partial charge in [0.2, 0.25) is 0 Å². The average Bonchev–Trinajstić information content (AvgIpc) is 2.53. The number of ether oxygens (including phenoxy) is 1. The van der Waals surface area contributed by atoms with Crippen LogP contribution in [-0.2, 0) is 6.42 Å². The Bertz CT molecular complexity index is 400. The lowest BCUT2D eigenvalue weighted by atomic mass is 10.1. The van der Waals surface area contributed by atoms with Crippen molar-refractivity contribution < 1.29 is 9.84 Å². The molecule has 118 valence electrons. The molecule has 1 fully saturated rings. The number of nitrogens with one attached hydrogen (secondary N) is 1. The van der Waals surface area contributed by atoms with Gasteiger partial charge in [0, 0.05) is 12.6 Å². The van der Waals surface area contributed by atoms with E-state index in [1.54, 1.807) is 0 Å². The standard InChI is InChI=1S/C17H28N2O2/c1-3-14-4-6-17(7-5-14)21-13-16(20)12-18-15-8-10-19(2)11-9-15/h4-7,15-16,18,20H,3,8-13H2,1-2H3. The van der Waals surface area contributed by atoms with Crippen molar-refractivity contribution in [1.29, 1.82) is 0 Å². The van der Waals surface area contributed by atoms with Crippen LogP contribution < -0.4 is 10.1 Å². The van der Waals surface area contributed by atoms with Gasteiger partial charge in [-0.3, -0.25) is 0 Å². The lowest BCUT2D eigenvalue weighted by Crippen LogP contribution is -2.44. The highest BCUT2D eigenvalue weighted by Crippen LogP contribution is 2.13. The number of rotatable bonds is 7. The summed E-state index contributed by atoms with van der Waals surface area (Å²) >= 11 is 0. The predicted molar refractivity (Wildman–Crippen MR) is 85.8 cm³/mol. The molecule has 4 nitrogen and oxygen atoms in total. The third-order valence-corrected chi connectivity index (χ3v) is 4.13. The summed E-state index contributed by atoms with van der Waals surface area (Å²) in [5.41, 5.74) is 1.30. The first kappa shape index (κ1) is 16.3. The van der Waals surface area contributed by atoms with E-state index >= 15 is 0 Å². The normalized spacial score (nSPS) is 18.6. The Balaban J connectivity index is 1.63. The summed E-state index contributed by atoms with van der Waals surface area (Å²) < 4.78 is 5.63. The highest BCUT2D eigenvalue weighted by atomic mass is 16.5. The van der Waals surface area contributed by atoms with E-state index in [0.29, 0.717) is 19.2 Å². The van der Waals surface area contributed by atoms with Gasteiger partial charge in [-0.2, -0.15) is 0 Å². The third-order valence-electron chi connectivity index (χ3n) is 4.13. The minimum atomic E-state index is -0.462. The van der Waals surface area contributed by atoms with Crippen LogP contribution in [0.15, 0.2) is 24.3 Å². The van der Waals surface area contributed by atoms with Crippen molar-refractivity contribution in [1.82, 2.24) is 10.2 Å². The molecule has 0 aromatic heterocycles. The second kappa shape index (κ2) is 8.37. The molecule has 2 N–H and O–H groups in total. The Labute approximate surface area is 128 Å². The maximum absolute atomic E-state index is 10.00. The first-order chi connectivity index (χ1) is 10.2. The Hall–Kier alpha value is -1.10. The van der Waals surface area contributed by atoms with Gasteiger partial charge in [-0.1, -0.05) is 19.1 Å². The largest absolute Gasteiger partial charge is 0.491 e. The van der Waals surface area contributed by atoms with Crippen molar-refractivity contribution in [2.24, 2.45) is 0 Å². The van der Waals surface area contributed by atoms with Crippen molar-refractivity contribution >= 4 is 0 Å². The molecule has 0 saturated carbocycles. The zero-order valence-corrected chi connectivity index (χ0v) is 13.2. The lowest BCUT2D eigenvalue weighted by molar-refractivity contribution is 0.0995. The summed E-state index contributed by atoms with van der Waals surface area (Å²) in [7, 11) is 2.16. The van der Waals surface area contributed by atoms with Gasteiger partial charge in [0.25, 0.3) is 0 Å². The Morgan fingerprint density at radius 2 is 1.95 bits per heavy atom. The van der Waals surface area contributed by atoms with Crippen LogP contribution in [0.5, 0.6) is 5.75 Å². The molecule has 21 heavy (non-hydrogen) atoms. The maximum atomic E-state index is 10.00. The van der Waals surface area contributed by atoms with Gasteiger partial charge < -0.3 is 20.1 Å². The van der Waals surface area contributed by atoms with Gasteiger partial charge in [0.05, 0.1) is 0 Å². The molecular formula is C17H28N2O2. The molecule has 1 saturated heterocycles. The fourth-order valence-corrected chi connectivity index (χ4v) is 2.59. The maximum Gasteiger partial charge on any atom is 0.119 e. The molecule has 1 unspecified atom stereocenters. The fraction of sp³-hybridized carbons (Fsp3) is 0.647. The van der Waals surface area contributed by atoms with Crippen molar-refractivity contribution in [2.75, 3.05) is 33.3 Å². The van der Waals surface area contributed by atoms with Crippen molar-refractivity contribution in [3.05, 3.63) is 29.8 Å². The van der Waals surface area contributed by atoms with Gasteiger partial charge >= 0.3 is 0 Å². The van der Waals surface area contributed by atoms with E-state index in [0.717, 1.165) is 38.1 Å². The monoisotopic (exact) mass is 292 g/mol. The van der Waals surface area contributed by atoms with Crippen LogP contribution in [0, 0.1) is 0 Å². The predicted octanol–water partition coefficient (Wildman–Crippen LogP) is 1.67. The molecular weight excluding hydrogens is 264 g/mol. The summed E-state index contributed by atoms with van der Waals surface area (Å²) in [6, 6.07) is 8.60. The van der Waals surface area contributed by atoms with E-state index in [1.807, 2.05) is 12.1 Å². The molecule has 1 aliphatic heterocycles. The molecule has 4 heteroatoms. The van der Waals surface area contributed by atoms with E-state index in [2.05, 4.69) is 36.3 Å². The number of aryl methyl sites for hydroxylation is 1. The van der Waals surface area contributed by atoms with Crippen LogP contribution in [0.4, 0.5) is 0 Å². The van der Waals surface area contributed by atoms with Crippen molar-refractivity contribution in [3.63, 3.8) is 0 Å². The molecule has 1 aromatic rings.